The van der Waals surface area contributed by atoms with E-state index in [1.807, 2.05) is 24.3 Å². The maximum atomic E-state index is 5.34. The Bertz CT molecular complexity index is 898. The monoisotopic (exact) mass is 319 g/mol. The van der Waals surface area contributed by atoms with Gasteiger partial charge >= 0.3 is 0 Å². The second-order valence-electron chi connectivity index (χ2n) is 5.74. The number of hydrogen-bond donors (Lipinski definition) is 1. The predicted octanol–water partition coefficient (Wildman–Crippen LogP) is 3.05. The minimum Gasteiger partial charge on any atom is -0.497 e. The molecule has 0 aliphatic carbocycles. The molecular formula is C18H17N5O. The third kappa shape index (κ3) is 2.52. The Morgan fingerprint density at radius 3 is 2.75 bits per heavy atom. The van der Waals surface area contributed by atoms with Crippen LogP contribution in [0.2, 0.25) is 0 Å². The third-order valence-electron chi connectivity index (χ3n) is 4.13. The van der Waals surface area contributed by atoms with Crippen LogP contribution in [0, 0.1) is 6.92 Å². The molecule has 0 spiro atoms. The van der Waals surface area contributed by atoms with Crippen molar-refractivity contribution in [3.05, 3.63) is 71.3 Å². The number of aromatic nitrogens is 4. The predicted molar refractivity (Wildman–Crippen MR) is 91.7 cm³/mol. The Morgan fingerprint density at radius 2 is 1.96 bits per heavy atom. The maximum absolute atomic E-state index is 5.34. The topological polar surface area (TPSA) is 64.9 Å². The highest BCUT2D eigenvalue weighted by Crippen LogP contribution is 2.32. The van der Waals surface area contributed by atoms with Gasteiger partial charge in [0.15, 0.2) is 0 Å². The first-order chi connectivity index (χ1) is 11.7. The first-order valence-electron chi connectivity index (χ1n) is 7.72. The highest BCUT2D eigenvalue weighted by molar-refractivity contribution is 5.77. The van der Waals surface area contributed by atoms with Crippen molar-refractivity contribution in [2.24, 2.45) is 0 Å². The summed E-state index contributed by atoms with van der Waals surface area (Å²) in [7, 11) is 1.66. The number of tetrazole rings is 1. The van der Waals surface area contributed by atoms with Gasteiger partial charge in [0.2, 0.25) is 5.95 Å². The zero-order valence-electron chi connectivity index (χ0n) is 13.5. The Balaban J connectivity index is 1.80. The number of anilines is 1. The molecule has 0 radical (unpaired) electrons. The molecular weight excluding hydrogens is 302 g/mol. The Hall–Kier alpha value is -3.15. The number of benzene rings is 2. The van der Waals surface area contributed by atoms with Gasteiger partial charge in [0.25, 0.3) is 0 Å². The highest BCUT2D eigenvalue weighted by Gasteiger charge is 2.24. The molecule has 1 atom stereocenters. The van der Waals surface area contributed by atoms with Crippen LogP contribution in [0.1, 0.15) is 22.7 Å². The molecule has 0 fully saturated rings. The quantitative estimate of drug-likeness (QED) is 0.804. The van der Waals surface area contributed by atoms with Crippen LogP contribution in [0.5, 0.6) is 5.75 Å². The fourth-order valence-corrected chi connectivity index (χ4v) is 2.82. The molecule has 6 nitrogen and oxygen atoms in total. The number of methoxy groups -OCH3 is 1. The maximum Gasteiger partial charge on any atom is 0.248 e. The van der Waals surface area contributed by atoms with Gasteiger partial charge in [-0.2, -0.15) is 4.68 Å². The van der Waals surface area contributed by atoms with Crippen LogP contribution in [0.4, 0.5) is 5.95 Å². The summed E-state index contributed by atoms with van der Waals surface area (Å²) in [5, 5.41) is 15.3. The van der Waals surface area contributed by atoms with E-state index in [0.717, 1.165) is 22.6 Å². The zero-order chi connectivity index (χ0) is 16.5. The van der Waals surface area contributed by atoms with E-state index in [9.17, 15) is 0 Å². The number of rotatable bonds is 3. The Kier molecular flexibility index (Phi) is 3.49. The minimum atomic E-state index is -0.0948. The summed E-state index contributed by atoms with van der Waals surface area (Å²) >= 11 is 0. The van der Waals surface area contributed by atoms with Crippen LogP contribution in [-0.4, -0.2) is 27.3 Å². The molecule has 6 heteroatoms. The number of allylic oxidation sites excluding steroid dienone is 1. The Morgan fingerprint density at radius 1 is 1.12 bits per heavy atom. The van der Waals surface area contributed by atoms with Crippen LogP contribution < -0.4 is 10.1 Å². The lowest BCUT2D eigenvalue weighted by Gasteiger charge is -2.23. The molecule has 1 aliphatic heterocycles. The summed E-state index contributed by atoms with van der Waals surface area (Å²) in [5.74, 6) is 1.44. The van der Waals surface area contributed by atoms with Gasteiger partial charge in [0.1, 0.15) is 11.8 Å². The SMILES string of the molecule is COc1cccc([C@H]2C=C(c3ccc(C)cc3)Nc3nnnn32)c1. The molecule has 0 saturated heterocycles. The number of ether oxygens (including phenoxy) is 1. The highest BCUT2D eigenvalue weighted by atomic mass is 16.5. The summed E-state index contributed by atoms with van der Waals surface area (Å²) in [6.45, 7) is 2.08. The number of aryl methyl sites for hydroxylation is 1. The second kappa shape index (κ2) is 5.81. The molecule has 0 unspecified atom stereocenters. The van der Waals surface area contributed by atoms with Crippen molar-refractivity contribution in [3.8, 4) is 5.75 Å². The lowest BCUT2D eigenvalue weighted by Crippen LogP contribution is -2.20. The number of hydrogen-bond acceptors (Lipinski definition) is 5. The zero-order valence-corrected chi connectivity index (χ0v) is 13.5. The number of nitrogens with zero attached hydrogens (tertiary/aromatic N) is 4. The number of fused-ring (bicyclic) bond motifs is 1. The van der Waals surface area contributed by atoms with Gasteiger partial charge in [-0.1, -0.05) is 47.1 Å². The van der Waals surface area contributed by atoms with Gasteiger partial charge in [-0.3, -0.25) is 0 Å². The van der Waals surface area contributed by atoms with Crippen molar-refractivity contribution in [1.82, 2.24) is 20.2 Å². The second-order valence-corrected chi connectivity index (χ2v) is 5.74. The van der Waals surface area contributed by atoms with E-state index in [1.54, 1.807) is 11.8 Å². The minimum absolute atomic E-state index is 0.0948. The standard InChI is InChI=1S/C18H17N5O/c1-12-6-8-13(9-7-12)16-11-17(23-18(19-16)20-21-22-23)14-4-3-5-15(10-14)24-2/h3-11,17H,1-2H3,(H,19,20,22)/t17-/m1/s1. The van der Waals surface area contributed by atoms with Crippen LogP contribution in [-0.2, 0) is 0 Å². The molecule has 0 bridgehead atoms. The normalized spacial score (nSPS) is 16.1. The van der Waals surface area contributed by atoms with Gasteiger partial charge in [-0.05, 0) is 46.7 Å². The molecule has 3 aromatic rings. The van der Waals surface area contributed by atoms with E-state index in [-0.39, 0.29) is 6.04 Å². The average Bonchev–Trinajstić information content (AvgIpc) is 3.10. The largest absolute Gasteiger partial charge is 0.497 e. The van der Waals surface area contributed by atoms with E-state index in [0.29, 0.717) is 5.95 Å². The van der Waals surface area contributed by atoms with Crippen molar-refractivity contribution in [1.29, 1.82) is 0 Å². The van der Waals surface area contributed by atoms with Crippen molar-refractivity contribution in [3.63, 3.8) is 0 Å². The molecule has 0 amide bonds. The van der Waals surface area contributed by atoms with Crippen LogP contribution >= 0.6 is 0 Å². The van der Waals surface area contributed by atoms with Crippen LogP contribution in [0.15, 0.2) is 54.6 Å². The fraction of sp³-hybridized carbons (Fsp3) is 0.167. The summed E-state index contributed by atoms with van der Waals surface area (Å²) in [6.07, 6.45) is 2.13. The van der Waals surface area contributed by atoms with E-state index in [2.05, 4.69) is 58.1 Å². The van der Waals surface area contributed by atoms with E-state index in [4.69, 9.17) is 4.74 Å². The van der Waals surface area contributed by atoms with Gasteiger partial charge < -0.3 is 10.1 Å². The molecule has 4 rings (SSSR count). The Labute approximate surface area is 139 Å². The molecule has 1 aromatic heterocycles. The average molecular weight is 319 g/mol. The fourth-order valence-electron chi connectivity index (χ4n) is 2.82. The van der Waals surface area contributed by atoms with Gasteiger partial charge in [0, 0.05) is 5.70 Å². The van der Waals surface area contributed by atoms with E-state index >= 15 is 0 Å². The molecule has 120 valence electrons. The van der Waals surface area contributed by atoms with Crippen molar-refractivity contribution < 1.29 is 4.74 Å². The number of nitrogens with one attached hydrogen (secondary N) is 1. The lowest BCUT2D eigenvalue weighted by molar-refractivity contribution is 0.413. The summed E-state index contributed by atoms with van der Waals surface area (Å²) in [5.41, 5.74) is 4.38. The molecule has 0 saturated carbocycles. The van der Waals surface area contributed by atoms with Crippen molar-refractivity contribution >= 4 is 11.6 Å². The first-order valence-corrected chi connectivity index (χ1v) is 7.72. The van der Waals surface area contributed by atoms with E-state index in [1.165, 1.54) is 5.56 Å². The lowest BCUT2D eigenvalue weighted by atomic mass is 10.0. The molecule has 2 aromatic carbocycles. The first kappa shape index (κ1) is 14.4. The molecule has 1 aliphatic rings. The van der Waals surface area contributed by atoms with E-state index < -0.39 is 0 Å². The summed E-state index contributed by atoms with van der Waals surface area (Å²) < 4.78 is 7.11. The van der Waals surface area contributed by atoms with Crippen LogP contribution in [0.25, 0.3) is 5.70 Å². The summed E-state index contributed by atoms with van der Waals surface area (Å²) in [4.78, 5) is 0. The summed E-state index contributed by atoms with van der Waals surface area (Å²) in [6, 6.07) is 16.2. The van der Waals surface area contributed by atoms with Crippen molar-refractivity contribution in [2.45, 2.75) is 13.0 Å². The van der Waals surface area contributed by atoms with Gasteiger partial charge in [-0.25, -0.2) is 0 Å². The third-order valence-corrected chi connectivity index (χ3v) is 4.13. The molecule has 24 heavy (non-hydrogen) atoms. The molecule has 2 heterocycles. The smallest absolute Gasteiger partial charge is 0.248 e. The van der Waals surface area contributed by atoms with Crippen molar-refractivity contribution in [2.75, 3.05) is 12.4 Å². The van der Waals surface area contributed by atoms with Crippen LogP contribution in [0.3, 0.4) is 0 Å². The van der Waals surface area contributed by atoms with Gasteiger partial charge in [0.05, 0.1) is 7.11 Å². The molecule has 1 N–H and O–H groups in total. The van der Waals surface area contributed by atoms with Gasteiger partial charge in [-0.15, -0.1) is 0 Å².